The fourth-order valence-electron chi connectivity index (χ4n) is 4.59. The number of alkyl halides is 5. The van der Waals surface area contributed by atoms with E-state index in [9.17, 15) is 43.6 Å². The van der Waals surface area contributed by atoms with Crippen molar-refractivity contribution >= 4 is 47.3 Å². The lowest BCUT2D eigenvalue weighted by Crippen LogP contribution is -2.38. The first-order valence-corrected chi connectivity index (χ1v) is 17.3. The lowest BCUT2D eigenvalue weighted by molar-refractivity contribution is -0.130. The topological polar surface area (TPSA) is 140 Å². The van der Waals surface area contributed by atoms with Crippen LogP contribution in [0.3, 0.4) is 0 Å². The van der Waals surface area contributed by atoms with E-state index in [1.165, 1.54) is 0 Å². The molecule has 17 heteroatoms. The zero-order chi connectivity index (χ0) is 31.6. The Kier molecular flexibility index (Phi) is 9.80. The van der Waals surface area contributed by atoms with Crippen molar-refractivity contribution in [1.29, 1.82) is 0 Å². The number of halogens is 5. The number of thiazole rings is 1. The molecule has 1 aromatic heterocycles. The van der Waals surface area contributed by atoms with Gasteiger partial charge in [0.1, 0.15) is 5.01 Å². The molecule has 0 aliphatic carbocycles. The average molecular weight is 669 g/mol. The maximum Gasteiger partial charge on any atom is 0.390 e. The molecule has 1 saturated heterocycles. The van der Waals surface area contributed by atoms with Crippen molar-refractivity contribution in [3.63, 3.8) is 0 Å². The number of sulfone groups is 1. The molecule has 1 amide bonds. The van der Waals surface area contributed by atoms with Crippen LogP contribution >= 0.6 is 11.3 Å². The van der Waals surface area contributed by atoms with E-state index >= 15 is 0 Å². The predicted molar refractivity (Wildman–Crippen MR) is 153 cm³/mol. The number of aromatic nitrogens is 1. The molecule has 9 nitrogen and oxygen atoms in total. The summed E-state index contributed by atoms with van der Waals surface area (Å²) in [5.41, 5.74) is 2.71. The van der Waals surface area contributed by atoms with Crippen LogP contribution in [0.5, 0.6) is 0 Å². The third-order valence-corrected chi connectivity index (χ3v) is 10.8. The summed E-state index contributed by atoms with van der Waals surface area (Å²) in [7, 11) is -8.73. The van der Waals surface area contributed by atoms with Gasteiger partial charge in [-0.05, 0) is 34.9 Å². The Morgan fingerprint density at radius 1 is 1.05 bits per heavy atom. The number of nitrogens with two attached hydrogens (primary N) is 1. The Bertz CT molecular complexity index is 1680. The van der Waals surface area contributed by atoms with Crippen molar-refractivity contribution in [3.05, 3.63) is 53.0 Å². The number of nitrogens with one attached hydrogen (secondary N) is 1. The smallest absolute Gasteiger partial charge is 0.354 e. The first-order chi connectivity index (χ1) is 19.9. The van der Waals surface area contributed by atoms with E-state index in [0.717, 1.165) is 22.5 Å². The first kappa shape index (κ1) is 33.2. The molecular weight excluding hydrogens is 640 g/mol. The minimum absolute atomic E-state index is 0.200. The second kappa shape index (κ2) is 12.7. The summed E-state index contributed by atoms with van der Waals surface area (Å²) in [5.74, 6) is -5.94. The Hall–Kier alpha value is -2.73. The predicted octanol–water partition coefficient (Wildman–Crippen LogP) is 4.01. The Balaban J connectivity index is 1.60. The van der Waals surface area contributed by atoms with Gasteiger partial charge in [0, 0.05) is 39.0 Å². The molecule has 0 bridgehead atoms. The number of carbonyl (C=O) groups excluding carboxylic acids is 1. The number of hydrogen-bond donors (Lipinski definition) is 2. The van der Waals surface area contributed by atoms with Gasteiger partial charge < -0.3 is 5.32 Å². The Morgan fingerprint density at radius 2 is 1.72 bits per heavy atom. The lowest BCUT2D eigenvalue weighted by Gasteiger charge is -2.31. The van der Waals surface area contributed by atoms with Gasteiger partial charge in [-0.2, -0.15) is 13.2 Å². The van der Waals surface area contributed by atoms with Crippen molar-refractivity contribution in [3.8, 4) is 11.1 Å². The van der Waals surface area contributed by atoms with Crippen LogP contribution < -0.4 is 10.5 Å². The van der Waals surface area contributed by atoms with E-state index in [2.05, 4.69) is 10.3 Å². The summed E-state index contributed by atoms with van der Waals surface area (Å²) in [6, 6.07) is 12.4. The van der Waals surface area contributed by atoms with E-state index in [-0.39, 0.29) is 30.9 Å². The molecule has 3 aromatic rings. The Labute approximate surface area is 249 Å². The van der Waals surface area contributed by atoms with Crippen LogP contribution in [0.4, 0.5) is 22.0 Å². The largest absolute Gasteiger partial charge is 0.390 e. The highest BCUT2D eigenvalue weighted by atomic mass is 32.2. The van der Waals surface area contributed by atoms with Gasteiger partial charge in [-0.3, -0.25) is 9.69 Å². The van der Waals surface area contributed by atoms with Gasteiger partial charge >= 0.3 is 6.18 Å². The number of likely N-dealkylation sites (tertiary alicyclic amines) is 1. The first-order valence-electron chi connectivity index (χ1n) is 13.1. The lowest BCUT2D eigenvalue weighted by atomic mass is 10.0. The van der Waals surface area contributed by atoms with E-state index < -0.39 is 67.6 Å². The third-order valence-electron chi connectivity index (χ3n) is 6.84. The molecule has 0 radical (unpaired) electrons. The van der Waals surface area contributed by atoms with Gasteiger partial charge in [0.2, 0.25) is 15.9 Å². The molecule has 0 saturated carbocycles. The van der Waals surface area contributed by atoms with Gasteiger partial charge in [-0.15, -0.1) is 11.3 Å². The van der Waals surface area contributed by atoms with Crippen LogP contribution in [0.15, 0.2) is 42.5 Å². The quantitative estimate of drug-likeness (QED) is 0.295. The van der Waals surface area contributed by atoms with E-state index in [1.54, 1.807) is 18.2 Å². The molecule has 1 aliphatic heterocycles. The number of rotatable bonds is 11. The number of piperidine rings is 1. The van der Waals surface area contributed by atoms with Gasteiger partial charge in [-0.25, -0.2) is 35.7 Å². The van der Waals surface area contributed by atoms with Gasteiger partial charge in [-0.1, -0.05) is 24.3 Å². The standard InChI is InChI=1S/C26H29F5N4O5S3/c27-25(28)6-10-35(11-7-25)16-17-2-1-3-18(14-17)19-4-5-20-21(15-19)41-24(34-20)22(23(36)33-9-13-43(32,39)40)42(37,38)12-8-26(29,30)31/h1-5,14-15,22H,6-13,16H2,(H,33,36)(H2,32,39,40). The van der Waals surface area contributed by atoms with E-state index in [1.807, 2.05) is 29.2 Å². The van der Waals surface area contributed by atoms with Crippen LogP contribution in [0.2, 0.25) is 0 Å². The highest BCUT2D eigenvalue weighted by molar-refractivity contribution is 7.92. The maximum absolute atomic E-state index is 13.5. The number of sulfonamides is 1. The van der Waals surface area contributed by atoms with Crippen LogP contribution in [0, 0.1) is 0 Å². The van der Waals surface area contributed by atoms with Crippen molar-refractivity contribution in [2.75, 3.05) is 31.1 Å². The Morgan fingerprint density at radius 3 is 2.37 bits per heavy atom. The van der Waals surface area contributed by atoms with Gasteiger partial charge in [0.25, 0.3) is 5.92 Å². The molecule has 0 spiro atoms. The molecule has 4 rings (SSSR count). The van der Waals surface area contributed by atoms with Gasteiger partial charge in [0.05, 0.1) is 28.1 Å². The highest BCUT2D eigenvalue weighted by Gasteiger charge is 2.40. The summed E-state index contributed by atoms with van der Waals surface area (Å²) in [4.78, 5) is 19.1. The van der Waals surface area contributed by atoms with Crippen LogP contribution in [0.1, 0.15) is 35.1 Å². The third kappa shape index (κ3) is 9.38. The minimum atomic E-state index is -4.79. The fraction of sp³-hybridized carbons (Fsp3) is 0.462. The number of carbonyl (C=O) groups is 1. The number of hydrogen-bond acceptors (Lipinski definition) is 8. The SMILES string of the molecule is NS(=O)(=O)CCNC(=O)C(c1nc2ccc(-c3cccc(CN4CCC(F)(F)CC4)c3)cc2s1)S(=O)(=O)CCC(F)(F)F. The van der Waals surface area contributed by atoms with Crippen LogP contribution in [-0.2, 0) is 31.2 Å². The zero-order valence-corrected chi connectivity index (χ0v) is 25.1. The van der Waals surface area contributed by atoms with Crippen LogP contribution in [-0.4, -0.2) is 75.9 Å². The van der Waals surface area contributed by atoms with Crippen molar-refractivity contribution in [2.45, 2.75) is 43.2 Å². The van der Waals surface area contributed by atoms with Crippen molar-refractivity contribution < 1.29 is 43.6 Å². The number of fused-ring (bicyclic) bond motifs is 1. The molecule has 43 heavy (non-hydrogen) atoms. The summed E-state index contributed by atoms with van der Waals surface area (Å²) in [5, 5.41) is 4.67. The summed E-state index contributed by atoms with van der Waals surface area (Å²) in [6.07, 6.45) is -6.87. The second-order valence-corrected chi connectivity index (χ2v) is 15.3. The molecule has 3 N–H and O–H groups in total. The summed E-state index contributed by atoms with van der Waals surface area (Å²) in [6.45, 7) is 0.480. The van der Waals surface area contributed by atoms with E-state index in [0.29, 0.717) is 22.3 Å². The number of benzene rings is 2. The molecular formula is C26H29F5N4O5S3. The molecule has 2 heterocycles. The second-order valence-electron chi connectivity index (χ2n) is 10.3. The number of nitrogens with zero attached hydrogens (tertiary/aromatic N) is 2. The minimum Gasteiger partial charge on any atom is -0.354 e. The number of primary sulfonamides is 1. The monoisotopic (exact) mass is 668 g/mol. The molecule has 1 fully saturated rings. The van der Waals surface area contributed by atoms with Crippen LogP contribution in [0.25, 0.3) is 21.3 Å². The molecule has 1 atom stereocenters. The average Bonchev–Trinajstić information content (AvgIpc) is 3.30. The summed E-state index contributed by atoms with van der Waals surface area (Å²) >= 11 is 0.820. The molecule has 1 unspecified atom stereocenters. The maximum atomic E-state index is 13.5. The van der Waals surface area contributed by atoms with Crippen molar-refractivity contribution in [2.24, 2.45) is 5.14 Å². The van der Waals surface area contributed by atoms with Crippen molar-refractivity contribution in [1.82, 2.24) is 15.2 Å². The molecule has 236 valence electrons. The molecule has 1 aliphatic rings. The fourth-order valence-corrected chi connectivity index (χ4v) is 8.07. The normalized spacial score (nSPS) is 17.2. The highest BCUT2D eigenvalue weighted by Crippen LogP contribution is 2.36. The van der Waals surface area contributed by atoms with Gasteiger partial charge in [0.15, 0.2) is 15.1 Å². The zero-order valence-electron chi connectivity index (χ0n) is 22.6. The number of amides is 1. The molecule has 2 aromatic carbocycles. The van der Waals surface area contributed by atoms with E-state index in [4.69, 9.17) is 5.14 Å². The summed E-state index contributed by atoms with van der Waals surface area (Å²) < 4.78 is 115.